The van der Waals surface area contributed by atoms with Crippen molar-refractivity contribution in [1.29, 1.82) is 0 Å². The van der Waals surface area contributed by atoms with E-state index in [1.54, 1.807) is 4.90 Å². The minimum atomic E-state index is -0.705. The topological polar surface area (TPSA) is 45.3 Å². The molecule has 2 aromatic carbocycles. The number of likely N-dealkylation sites (tertiary alicyclic amines) is 1. The van der Waals surface area contributed by atoms with Gasteiger partial charge in [-0.05, 0) is 49.7 Å². The number of carbonyl (C=O) groups excluding carboxylic acids is 1. The van der Waals surface area contributed by atoms with E-state index >= 15 is 0 Å². The van der Waals surface area contributed by atoms with Gasteiger partial charge in [-0.1, -0.05) is 0 Å². The van der Waals surface area contributed by atoms with Crippen LogP contribution in [0.25, 0.3) is 10.9 Å². The Balaban J connectivity index is 1.42. The van der Waals surface area contributed by atoms with E-state index in [1.807, 2.05) is 32.0 Å². The molecule has 0 bridgehead atoms. The van der Waals surface area contributed by atoms with Gasteiger partial charge in [0.2, 0.25) is 0 Å². The Morgan fingerprint density at radius 1 is 1.11 bits per heavy atom. The molecule has 0 atom stereocenters. The quantitative estimate of drug-likeness (QED) is 0.709. The number of halogens is 2. The van der Waals surface area contributed by atoms with Crippen molar-refractivity contribution in [2.45, 2.75) is 32.8 Å². The zero-order valence-corrected chi connectivity index (χ0v) is 15.9. The fourth-order valence-electron chi connectivity index (χ4n) is 3.70. The molecule has 0 unspecified atom stereocenters. The maximum absolute atomic E-state index is 13.8. The Morgan fingerprint density at radius 2 is 1.86 bits per heavy atom. The van der Waals surface area contributed by atoms with Gasteiger partial charge in [-0.25, -0.2) is 8.78 Å². The Hall–Kier alpha value is -2.89. The van der Waals surface area contributed by atoms with Gasteiger partial charge in [0.15, 0.2) is 11.6 Å². The number of nitrogens with zero attached hydrogens (tertiary/aromatic N) is 1. The number of carbonyl (C=O) groups is 1. The van der Waals surface area contributed by atoms with Crippen LogP contribution in [0.5, 0.6) is 5.75 Å². The highest BCUT2D eigenvalue weighted by Gasteiger charge is 2.25. The first-order chi connectivity index (χ1) is 13.4. The summed E-state index contributed by atoms with van der Waals surface area (Å²) in [6.45, 7) is 5.14. The molecule has 0 radical (unpaired) electrons. The molecule has 146 valence electrons. The SMILES string of the molecule is Cc1[nH]c2ccc(C(=O)N3CCC(Oc4ccc(F)cc4F)CC3)cc2c1C. The largest absolute Gasteiger partial charge is 0.487 e. The molecule has 1 aliphatic heterocycles. The van der Waals surface area contributed by atoms with Gasteiger partial charge in [0, 0.05) is 54.2 Å². The minimum absolute atomic E-state index is 0.00781. The molecule has 0 spiro atoms. The number of fused-ring (bicyclic) bond motifs is 1. The Labute approximate surface area is 162 Å². The number of H-pyrrole nitrogens is 1. The first-order valence-corrected chi connectivity index (χ1v) is 9.42. The molecule has 4 rings (SSSR count). The predicted molar refractivity (Wildman–Crippen MR) is 104 cm³/mol. The fraction of sp³-hybridized carbons (Fsp3) is 0.318. The van der Waals surface area contributed by atoms with Crippen LogP contribution in [0.2, 0.25) is 0 Å². The van der Waals surface area contributed by atoms with Crippen molar-refractivity contribution < 1.29 is 18.3 Å². The molecular formula is C22H22F2N2O2. The van der Waals surface area contributed by atoms with Crippen LogP contribution in [0.4, 0.5) is 8.78 Å². The molecule has 2 heterocycles. The molecule has 0 aliphatic carbocycles. The van der Waals surface area contributed by atoms with E-state index in [-0.39, 0.29) is 17.8 Å². The molecule has 28 heavy (non-hydrogen) atoms. The van der Waals surface area contributed by atoms with Gasteiger partial charge in [-0.3, -0.25) is 4.79 Å². The van der Waals surface area contributed by atoms with Gasteiger partial charge >= 0.3 is 0 Å². The highest BCUT2D eigenvalue weighted by Crippen LogP contribution is 2.25. The van der Waals surface area contributed by atoms with Gasteiger partial charge in [0.05, 0.1) is 0 Å². The van der Waals surface area contributed by atoms with Crippen molar-refractivity contribution in [2.24, 2.45) is 0 Å². The second kappa shape index (κ2) is 7.26. The van der Waals surface area contributed by atoms with Gasteiger partial charge in [-0.2, -0.15) is 0 Å². The van der Waals surface area contributed by atoms with E-state index in [0.29, 0.717) is 31.5 Å². The number of amides is 1. The summed E-state index contributed by atoms with van der Waals surface area (Å²) in [6, 6.07) is 9.02. The summed E-state index contributed by atoms with van der Waals surface area (Å²) in [4.78, 5) is 18.0. The third-order valence-electron chi connectivity index (χ3n) is 5.47. The van der Waals surface area contributed by atoms with E-state index in [9.17, 15) is 13.6 Å². The number of nitrogens with one attached hydrogen (secondary N) is 1. The zero-order valence-electron chi connectivity index (χ0n) is 15.9. The summed E-state index contributed by atoms with van der Waals surface area (Å²) in [5.41, 5.74) is 3.95. The number of rotatable bonds is 3. The Morgan fingerprint density at radius 3 is 2.57 bits per heavy atom. The van der Waals surface area contributed by atoms with E-state index in [1.165, 1.54) is 12.1 Å². The lowest BCUT2D eigenvalue weighted by molar-refractivity contribution is 0.0588. The summed E-state index contributed by atoms with van der Waals surface area (Å²) in [5.74, 6) is -1.29. The van der Waals surface area contributed by atoms with Crippen LogP contribution in [-0.4, -0.2) is 35.0 Å². The molecular weight excluding hydrogens is 362 g/mol. The van der Waals surface area contributed by atoms with Crippen LogP contribution >= 0.6 is 0 Å². The number of aryl methyl sites for hydroxylation is 2. The smallest absolute Gasteiger partial charge is 0.253 e. The molecule has 1 amide bonds. The lowest BCUT2D eigenvalue weighted by Gasteiger charge is -2.32. The minimum Gasteiger partial charge on any atom is -0.487 e. The maximum atomic E-state index is 13.8. The molecule has 1 aromatic heterocycles. The first-order valence-electron chi connectivity index (χ1n) is 9.42. The van der Waals surface area contributed by atoms with Crippen molar-refractivity contribution in [2.75, 3.05) is 13.1 Å². The lowest BCUT2D eigenvalue weighted by atomic mass is 10.0. The summed E-state index contributed by atoms with van der Waals surface area (Å²) in [7, 11) is 0. The number of benzene rings is 2. The molecule has 4 nitrogen and oxygen atoms in total. The van der Waals surface area contributed by atoms with E-state index in [2.05, 4.69) is 4.98 Å². The van der Waals surface area contributed by atoms with Crippen LogP contribution in [0.1, 0.15) is 34.5 Å². The fourth-order valence-corrected chi connectivity index (χ4v) is 3.70. The highest BCUT2D eigenvalue weighted by atomic mass is 19.1. The van der Waals surface area contributed by atoms with Gasteiger partial charge in [0.25, 0.3) is 5.91 Å². The van der Waals surface area contributed by atoms with Crippen molar-refractivity contribution in [3.05, 3.63) is 64.9 Å². The molecule has 0 saturated carbocycles. The molecule has 3 aromatic rings. The van der Waals surface area contributed by atoms with Crippen LogP contribution in [0.15, 0.2) is 36.4 Å². The molecule has 1 aliphatic rings. The monoisotopic (exact) mass is 384 g/mol. The van der Waals surface area contributed by atoms with Crippen LogP contribution < -0.4 is 4.74 Å². The highest BCUT2D eigenvalue weighted by molar-refractivity contribution is 5.99. The second-order valence-corrected chi connectivity index (χ2v) is 7.32. The average molecular weight is 384 g/mol. The number of aromatic nitrogens is 1. The van der Waals surface area contributed by atoms with Crippen LogP contribution in [-0.2, 0) is 0 Å². The predicted octanol–water partition coefficient (Wildman–Crippen LogP) is 4.75. The summed E-state index contributed by atoms with van der Waals surface area (Å²) in [5, 5.41) is 1.06. The van der Waals surface area contributed by atoms with E-state index < -0.39 is 11.6 Å². The standard InChI is InChI=1S/C22H22F2N2O2/c1-13-14(2)25-20-5-3-15(11-18(13)20)22(27)26-9-7-17(8-10-26)28-21-6-4-16(23)12-19(21)24/h3-6,11-12,17,25H,7-10H2,1-2H3. The van der Waals surface area contributed by atoms with Gasteiger partial charge < -0.3 is 14.6 Å². The molecule has 1 fully saturated rings. The zero-order chi connectivity index (χ0) is 19.8. The Bertz CT molecular complexity index is 1040. The van der Waals surface area contributed by atoms with Crippen molar-refractivity contribution in [3.63, 3.8) is 0 Å². The van der Waals surface area contributed by atoms with E-state index in [0.717, 1.165) is 28.2 Å². The number of hydrogen-bond acceptors (Lipinski definition) is 2. The molecule has 1 N–H and O–H groups in total. The third-order valence-corrected chi connectivity index (χ3v) is 5.47. The van der Waals surface area contributed by atoms with E-state index in [4.69, 9.17) is 4.74 Å². The molecule has 6 heteroatoms. The summed E-state index contributed by atoms with van der Waals surface area (Å²) in [6.07, 6.45) is 1.02. The van der Waals surface area contributed by atoms with Crippen molar-refractivity contribution >= 4 is 16.8 Å². The second-order valence-electron chi connectivity index (χ2n) is 7.32. The van der Waals surface area contributed by atoms with Crippen LogP contribution in [0.3, 0.4) is 0 Å². The van der Waals surface area contributed by atoms with Crippen LogP contribution in [0, 0.1) is 25.5 Å². The Kier molecular flexibility index (Phi) is 4.79. The molecule has 1 saturated heterocycles. The number of aromatic amines is 1. The maximum Gasteiger partial charge on any atom is 0.253 e. The lowest BCUT2D eigenvalue weighted by Crippen LogP contribution is -2.41. The summed E-state index contributed by atoms with van der Waals surface area (Å²) < 4.78 is 32.4. The third kappa shape index (κ3) is 3.46. The first kappa shape index (κ1) is 18.5. The van der Waals surface area contributed by atoms with Crippen molar-refractivity contribution in [1.82, 2.24) is 9.88 Å². The summed E-state index contributed by atoms with van der Waals surface area (Å²) >= 11 is 0. The number of hydrogen-bond donors (Lipinski definition) is 1. The normalized spacial score (nSPS) is 15.2. The number of ether oxygens (including phenoxy) is 1. The number of piperidine rings is 1. The average Bonchev–Trinajstić information content (AvgIpc) is 2.97. The van der Waals surface area contributed by atoms with Gasteiger partial charge in [0.1, 0.15) is 11.9 Å². The van der Waals surface area contributed by atoms with Gasteiger partial charge in [-0.15, -0.1) is 0 Å². The van der Waals surface area contributed by atoms with Crippen molar-refractivity contribution in [3.8, 4) is 5.75 Å².